The molecule has 0 aromatic carbocycles. The van der Waals surface area contributed by atoms with Crippen molar-refractivity contribution >= 4 is 39.3 Å². The van der Waals surface area contributed by atoms with Gasteiger partial charge in [-0.1, -0.05) is 0 Å². The van der Waals surface area contributed by atoms with Crippen molar-refractivity contribution in [2.75, 3.05) is 6.61 Å². The third-order valence-corrected chi connectivity index (χ3v) is 6.29. The number of hydrogen-bond donors (Lipinski definition) is 0. The van der Waals surface area contributed by atoms with Gasteiger partial charge in [0.1, 0.15) is 20.6 Å². The van der Waals surface area contributed by atoms with Crippen molar-refractivity contribution in [3.63, 3.8) is 0 Å². The number of carbonyl (C=O) groups is 1. The number of aryl methyl sites for hydroxylation is 2. The third-order valence-electron chi connectivity index (χ3n) is 4.09. The minimum Gasteiger partial charge on any atom is -0.462 e. The van der Waals surface area contributed by atoms with Gasteiger partial charge in [-0.3, -0.25) is 0 Å². The largest absolute Gasteiger partial charge is 0.462 e. The molecule has 4 aromatic heterocycles. The van der Waals surface area contributed by atoms with Crippen LogP contribution in [0.4, 0.5) is 0 Å². The van der Waals surface area contributed by atoms with E-state index >= 15 is 0 Å². The molecule has 8 nitrogen and oxygen atoms in total. The maximum absolute atomic E-state index is 12.3. The Balaban J connectivity index is 1.78. The minimum absolute atomic E-state index is 0.327. The second kappa shape index (κ2) is 7.36. The van der Waals surface area contributed by atoms with Crippen molar-refractivity contribution in [3.8, 4) is 11.6 Å². The van der Waals surface area contributed by atoms with E-state index in [-0.39, 0.29) is 5.97 Å². The lowest BCUT2D eigenvalue weighted by Gasteiger charge is -2.05. The molecule has 4 heterocycles. The van der Waals surface area contributed by atoms with Gasteiger partial charge in [0.15, 0.2) is 16.7 Å². The molecule has 0 amide bonds. The van der Waals surface area contributed by atoms with Gasteiger partial charge in [-0.15, -0.1) is 21.5 Å². The van der Waals surface area contributed by atoms with Crippen LogP contribution in [0.1, 0.15) is 28.0 Å². The van der Waals surface area contributed by atoms with Gasteiger partial charge in [-0.25, -0.2) is 14.8 Å². The molecular weight excluding hydrogens is 398 g/mol. The summed E-state index contributed by atoms with van der Waals surface area (Å²) in [6.45, 7) is 5.83. The fraction of sp³-hybridized carbons (Fsp3) is 0.278. The van der Waals surface area contributed by atoms with Gasteiger partial charge in [-0.2, -0.15) is 0 Å². The molecule has 0 fully saturated rings. The Morgan fingerprint density at radius 1 is 1.32 bits per heavy atom. The number of ether oxygens (including phenoxy) is 1. The van der Waals surface area contributed by atoms with Crippen LogP contribution in [-0.4, -0.2) is 37.3 Å². The Kier molecular flexibility index (Phi) is 4.90. The maximum Gasteiger partial charge on any atom is 0.348 e. The van der Waals surface area contributed by atoms with E-state index in [9.17, 15) is 4.79 Å². The lowest BCUT2D eigenvalue weighted by Crippen LogP contribution is -2.03. The van der Waals surface area contributed by atoms with Gasteiger partial charge >= 0.3 is 5.97 Å². The van der Waals surface area contributed by atoms with Crippen LogP contribution in [0.2, 0.25) is 0 Å². The highest BCUT2D eigenvalue weighted by Gasteiger charge is 2.23. The number of hydrogen-bond acceptors (Lipinski definition) is 9. The van der Waals surface area contributed by atoms with Gasteiger partial charge in [0.05, 0.1) is 12.9 Å². The molecule has 0 bridgehead atoms. The summed E-state index contributed by atoms with van der Waals surface area (Å²) >= 11 is 2.70. The first kappa shape index (κ1) is 18.6. The first-order valence-electron chi connectivity index (χ1n) is 8.55. The summed E-state index contributed by atoms with van der Waals surface area (Å²) in [5, 5.41) is 10.7. The summed E-state index contributed by atoms with van der Waals surface area (Å²) < 4.78 is 12.4. The van der Waals surface area contributed by atoms with Crippen molar-refractivity contribution in [3.05, 3.63) is 34.7 Å². The monoisotopic (exact) mass is 415 g/mol. The lowest BCUT2D eigenvalue weighted by molar-refractivity contribution is 0.0531. The summed E-state index contributed by atoms with van der Waals surface area (Å²) in [5.74, 6) is 1.56. The Morgan fingerprint density at radius 2 is 2.14 bits per heavy atom. The van der Waals surface area contributed by atoms with Crippen LogP contribution in [0.5, 0.6) is 0 Å². The van der Waals surface area contributed by atoms with Gasteiger partial charge in [0.2, 0.25) is 0 Å². The first-order valence-corrected chi connectivity index (χ1v) is 10.2. The first-order chi connectivity index (χ1) is 13.5. The minimum atomic E-state index is -0.338. The lowest BCUT2D eigenvalue weighted by atomic mass is 10.2. The van der Waals surface area contributed by atoms with E-state index in [1.165, 1.54) is 23.1 Å². The van der Waals surface area contributed by atoms with Gasteiger partial charge in [0.25, 0.3) is 0 Å². The Morgan fingerprint density at radius 3 is 2.86 bits per heavy atom. The topological polar surface area (TPSA) is 95.9 Å². The SMILES string of the molecule is CCOC(=O)c1sc2nc(C)nc(Sc3nnc(-c4ccco4)n3C)c2c1C. The van der Waals surface area contributed by atoms with E-state index in [4.69, 9.17) is 9.15 Å². The predicted molar refractivity (Wildman–Crippen MR) is 106 cm³/mol. The number of nitrogens with zero attached hydrogens (tertiary/aromatic N) is 5. The molecule has 0 radical (unpaired) electrons. The number of thiophene rings is 1. The molecule has 0 spiro atoms. The molecule has 0 aliphatic rings. The number of fused-ring (bicyclic) bond motifs is 1. The van der Waals surface area contributed by atoms with Crippen molar-refractivity contribution in [2.24, 2.45) is 7.05 Å². The molecule has 4 rings (SSSR count). The van der Waals surface area contributed by atoms with Crippen LogP contribution in [0, 0.1) is 13.8 Å². The molecule has 0 unspecified atom stereocenters. The molecule has 0 aliphatic heterocycles. The van der Waals surface area contributed by atoms with Gasteiger partial charge in [-0.05, 0) is 50.2 Å². The number of aromatic nitrogens is 5. The highest BCUT2D eigenvalue weighted by molar-refractivity contribution is 7.99. The molecule has 10 heteroatoms. The average Bonchev–Trinajstić information content (AvgIpc) is 3.36. The molecule has 28 heavy (non-hydrogen) atoms. The standard InChI is InChI=1S/C18H17N5O3S2/c1-5-25-17(24)13-9(2)12-15(27-13)19-10(3)20-16(12)28-18-22-21-14(23(18)4)11-7-6-8-26-11/h6-8H,5H2,1-4H3. The molecular formula is C18H17N5O3S2. The van der Waals surface area contributed by atoms with Crippen molar-refractivity contribution < 1.29 is 13.9 Å². The number of rotatable bonds is 5. The van der Waals surface area contributed by atoms with Crippen molar-refractivity contribution in [1.29, 1.82) is 0 Å². The van der Waals surface area contributed by atoms with Crippen LogP contribution in [0.3, 0.4) is 0 Å². The van der Waals surface area contributed by atoms with Gasteiger partial charge in [0, 0.05) is 12.4 Å². The zero-order valence-corrected chi connectivity index (χ0v) is 17.3. The van der Waals surface area contributed by atoms with Crippen LogP contribution >= 0.6 is 23.1 Å². The molecule has 0 atom stereocenters. The predicted octanol–water partition coefficient (Wildman–Crippen LogP) is 4.02. The zero-order valence-electron chi connectivity index (χ0n) is 15.7. The summed E-state index contributed by atoms with van der Waals surface area (Å²) in [7, 11) is 1.87. The average molecular weight is 416 g/mol. The van der Waals surface area contributed by atoms with Crippen molar-refractivity contribution in [1.82, 2.24) is 24.7 Å². The summed E-state index contributed by atoms with van der Waals surface area (Å²) in [6.07, 6.45) is 1.60. The smallest absolute Gasteiger partial charge is 0.348 e. The molecule has 0 N–H and O–H groups in total. The molecule has 144 valence electrons. The van der Waals surface area contributed by atoms with E-state index in [1.807, 2.05) is 31.5 Å². The summed E-state index contributed by atoms with van der Waals surface area (Å²) in [4.78, 5) is 22.7. The fourth-order valence-corrected chi connectivity index (χ4v) is 4.97. The summed E-state index contributed by atoms with van der Waals surface area (Å²) in [6, 6.07) is 3.64. The second-order valence-electron chi connectivity index (χ2n) is 5.98. The third kappa shape index (κ3) is 3.18. The van der Waals surface area contributed by atoms with Crippen LogP contribution in [0.15, 0.2) is 33.0 Å². The second-order valence-corrected chi connectivity index (χ2v) is 7.93. The molecule has 0 saturated heterocycles. The van der Waals surface area contributed by atoms with Crippen LogP contribution in [-0.2, 0) is 11.8 Å². The highest BCUT2D eigenvalue weighted by atomic mass is 32.2. The Bertz CT molecular complexity index is 1160. The van der Waals surface area contributed by atoms with Crippen LogP contribution < -0.4 is 0 Å². The van der Waals surface area contributed by atoms with Crippen LogP contribution in [0.25, 0.3) is 21.8 Å². The molecule has 0 aliphatic carbocycles. The fourth-order valence-electron chi connectivity index (χ4n) is 2.78. The normalized spacial score (nSPS) is 11.3. The number of furan rings is 1. The molecule has 0 saturated carbocycles. The number of carbonyl (C=O) groups excluding carboxylic acids is 1. The van der Waals surface area contributed by atoms with E-state index < -0.39 is 0 Å². The zero-order chi connectivity index (χ0) is 19.8. The van der Waals surface area contributed by atoms with E-state index in [0.29, 0.717) is 34.0 Å². The Hall–Kier alpha value is -2.72. The van der Waals surface area contributed by atoms with E-state index in [0.717, 1.165) is 20.8 Å². The van der Waals surface area contributed by atoms with E-state index in [1.54, 1.807) is 19.3 Å². The highest BCUT2D eigenvalue weighted by Crippen LogP contribution is 2.38. The number of esters is 1. The van der Waals surface area contributed by atoms with Gasteiger partial charge < -0.3 is 13.7 Å². The quantitative estimate of drug-likeness (QED) is 0.356. The Labute approximate surface area is 169 Å². The maximum atomic E-state index is 12.3. The molecule has 4 aromatic rings. The van der Waals surface area contributed by atoms with E-state index in [2.05, 4.69) is 20.2 Å². The van der Waals surface area contributed by atoms with Crippen molar-refractivity contribution in [2.45, 2.75) is 31.0 Å². The summed E-state index contributed by atoms with van der Waals surface area (Å²) in [5.41, 5.74) is 0.814.